The Bertz CT molecular complexity index is 6250. The van der Waals surface area contributed by atoms with Crippen LogP contribution in [0.4, 0.5) is 28.4 Å². The van der Waals surface area contributed by atoms with E-state index < -0.39 is 45.8 Å². The molecule has 17 rings (SSSR count). The zero-order valence-electron chi connectivity index (χ0n) is 65.8. The van der Waals surface area contributed by atoms with E-state index in [9.17, 15) is 58.9 Å². The Kier molecular flexibility index (Phi) is 25.7. The number of non-ortho nitro benzene ring substituents is 2. The van der Waals surface area contributed by atoms with Gasteiger partial charge < -0.3 is 46.7 Å². The number of rotatable bonds is 12. The molecular weight excluding hydrogens is 1700 g/mol. The minimum absolute atomic E-state index is 0.0191. The molecule has 4 aromatic heterocycles. The Morgan fingerprint density at radius 2 is 0.983 bits per heavy atom. The second-order valence-corrected chi connectivity index (χ2v) is 32.3. The molecule has 2 fully saturated rings. The van der Waals surface area contributed by atoms with Gasteiger partial charge in [-0.2, -0.15) is 10.5 Å². The van der Waals surface area contributed by atoms with E-state index in [4.69, 9.17) is 55.2 Å². The van der Waals surface area contributed by atoms with Crippen LogP contribution in [0.2, 0.25) is 10.0 Å². The number of fused-ring (bicyclic) bond motifs is 10. The van der Waals surface area contributed by atoms with Crippen molar-refractivity contribution in [3.8, 4) is 22.1 Å². The Morgan fingerprint density at radius 3 is 1.42 bits per heavy atom. The van der Waals surface area contributed by atoms with Crippen molar-refractivity contribution in [1.29, 1.82) is 10.5 Å². The average molecular weight is 1770 g/mol. The van der Waals surface area contributed by atoms with E-state index in [1.54, 1.807) is 53.0 Å². The average Bonchev–Trinajstić information content (AvgIpc) is 1.58. The second kappa shape index (κ2) is 35.9. The summed E-state index contributed by atoms with van der Waals surface area (Å²) in [6.45, 7) is 12.1. The van der Waals surface area contributed by atoms with Crippen LogP contribution in [0, 0.1) is 84.4 Å². The third kappa shape index (κ3) is 18.3. The van der Waals surface area contributed by atoms with Crippen molar-refractivity contribution in [2.24, 2.45) is 9.98 Å². The van der Waals surface area contributed by atoms with Crippen LogP contribution in [0.5, 0.6) is 0 Å². The van der Waals surface area contributed by atoms with Crippen molar-refractivity contribution in [1.82, 2.24) is 40.2 Å². The molecule has 616 valence electrons. The number of nitrogen functional groups attached to an aromatic ring is 2. The first-order valence-electron chi connectivity index (χ1n) is 36.8. The normalized spacial score (nSPS) is 14.8. The number of hydrogen-bond donors (Lipinski definition) is 6. The predicted molar refractivity (Wildman–Crippen MR) is 454 cm³/mol. The van der Waals surface area contributed by atoms with E-state index >= 15 is 0 Å². The maximum atomic E-state index is 13.4. The quantitative estimate of drug-likeness (QED) is 0.0217. The van der Waals surface area contributed by atoms with E-state index in [0.29, 0.717) is 43.1 Å². The highest BCUT2D eigenvalue weighted by atomic mass is 79.9. The van der Waals surface area contributed by atoms with E-state index in [0.717, 1.165) is 127 Å². The summed E-state index contributed by atoms with van der Waals surface area (Å²) in [4.78, 5) is 114. The molecule has 0 radical (unpaired) electrons. The molecule has 7 aromatic carbocycles. The molecule has 8 heterocycles. The summed E-state index contributed by atoms with van der Waals surface area (Å²) in [6.07, 6.45) is 3.88. The molecule has 0 bridgehead atoms. The number of carboxylic acids is 1. The summed E-state index contributed by atoms with van der Waals surface area (Å²) in [5, 5.41) is 77.2. The number of aliphatic imine (C=N–C) groups is 2. The molecule has 32 nitrogen and oxygen atoms in total. The van der Waals surface area contributed by atoms with Crippen LogP contribution >= 0.6 is 61.8 Å². The highest BCUT2D eigenvalue weighted by molar-refractivity contribution is 9.10. The monoisotopic (exact) mass is 1770 g/mol. The third-order valence-corrected chi connectivity index (χ3v) is 24.0. The number of halogens is 3. The van der Waals surface area contributed by atoms with Gasteiger partial charge in [-0.1, -0.05) is 47.5 Å². The van der Waals surface area contributed by atoms with Crippen LogP contribution in [0.3, 0.4) is 0 Å². The number of carboxylic acid groups (broad SMARTS) is 1. The molecule has 8 N–H and O–H groups in total. The summed E-state index contributed by atoms with van der Waals surface area (Å²) in [5.74, 6) is -0.216. The van der Waals surface area contributed by atoms with Gasteiger partial charge in [0.05, 0.1) is 94.3 Å². The summed E-state index contributed by atoms with van der Waals surface area (Å²) in [6, 6.07) is 40.2. The van der Waals surface area contributed by atoms with Crippen LogP contribution in [-0.2, 0) is 34.9 Å². The number of nitrogens with zero attached hydrogens (tertiary/aromatic N) is 12. The van der Waals surface area contributed by atoms with Crippen molar-refractivity contribution in [2.45, 2.75) is 103 Å². The van der Waals surface area contributed by atoms with Gasteiger partial charge in [-0.15, -0.1) is 43.1 Å². The third-order valence-electron chi connectivity index (χ3n) is 20.4. The number of nitrogens with two attached hydrogens (primary N) is 2. The largest absolute Gasteiger partial charge is 0.481 e. The van der Waals surface area contributed by atoms with E-state index in [2.05, 4.69) is 94.2 Å². The van der Waals surface area contributed by atoms with Crippen LogP contribution < -0.4 is 27.4 Å². The molecule has 3 amide bonds. The number of nitro groups is 2. The van der Waals surface area contributed by atoms with Gasteiger partial charge in [0.15, 0.2) is 11.6 Å². The van der Waals surface area contributed by atoms with E-state index in [-0.39, 0.29) is 80.8 Å². The minimum atomic E-state index is -0.926. The number of ether oxygens (including phenoxy) is 3. The zero-order valence-corrected chi connectivity index (χ0v) is 70.5. The van der Waals surface area contributed by atoms with Crippen LogP contribution in [0.25, 0.3) is 10.0 Å². The standard InChI is InChI=1S/C29H25ClN6O2S.C19H17ClN4O2S.C10H10N2O.C9H6N2O4.C9H8N2O2.C8H6BrNO4/c1-14-15(2)39-28-24(14)25(17-4-6-18(30)7-5-17)32-22(26-35-34-16(3)36(26)28)13-23(37)31-19-8-9-20-21(12-19)29(10-11-29)33-27(20)38;1-9-10(2)27-19-16(9)17(12-4-6-13(20)7-5-12)21-14(8-15(25)26)18-23-22-11(3)24(18)19;11-6-1-2-7-8(5-6)10(3-4-10)12-9(7)13;1-15-9(12)8-3-2-7(11(13)14)4-6(8)5-10;1-13-9(12)8-3-2-7(11)4-6(8)5-10;1-14-8(11)6-3-2-5(10(12)13)4-7(6)9/h4-9,12,22H,10-11,13H2,1-3H3,(H,31,37)(H,33,38);4-7,14H,8H2,1-3H3,(H,25,26);1-2,5H,3-4,11H2,(H,12,13);2-4H,1H3;2-4H,11H2,1H3;2-4H,1H3/t22-;14-;;;;/m00..../s1. The number of carbonyl (C=O) groups excluding carboxylic acids is 6. The summed E-state index contributed by atoms with van der Waals surface area (Å²) in [7, 11) is 3.68. The Labute approximate surface area is 716 Å². The number of benzene rings is 7. The number of aliphatic carboxylic acids is 1. The Hall–Kier alpha value is -13.7. The molecule has 2 spiro atoms. The molecule has 2 atom stereocenters. The van der Waals surface area contributed by atoms with Crippen LogP contribution in [0.1, 0.15) is 191 Å². The van der Waals surface area contributed by atoms with Gasteiger partial charge in [-0.05, 0) is 196 Å². The molecule has 0 unspecified atom stereocenters. The lowest BCUT2D eigenvalue weighted by atomic mass is 9.99. The highest BCUT2D eigenvalue weighted by Crippen LogP contribution is 2.52. The molecule has 11 aromatic rings. The first kappa shape index (κ1) is 86.6. The number of nitriles is 2. The lowest BCUT2D eigenvalue weighted by Crippen LogP contribution is -2.25. The van der Waals surface area contributed by atoms with E-state index in [1.807, 2.05) is 95.8 Å². The number of amides is 3. The topological polar surface area (TPSA) is 476 Å². The SMILES string of the molecule is COC(=O)c1ccc(N)cc1C#N.COC(=O)c1ccc([N+](=O)[O-])cc1Br.COC(=O)c1ccc([N+](=O)[O-])cc1C#N.Cc1sc2c(c1C)C(c1ccc(Cl)cc1)=N[C@@H](CC(=O)Nc1ccc3c(c1)C1(CC1)NC3=O)c1nnc(C)n1-2.Cc1sc2c(c1C)C(c1ccc(Cl)cc1)=N[C@@H](CC(=O)O)c1nnc(C)n1-2.Nc1ccc2c(c1)C1(CC1)NC2=O. The van der Waals surface area contributed by atoms with Gasteiger partial charge >= 0.3 is 23.9 Å². The van der Waals surface area contributed by atoms with Crippen molar-refractivity contribution in [2.75, 3.05) is 38.1 Å². The fourth-order valence-corrected chi connectivity index (χ4v) is 17.0. The maximum absolute atomic E-state index is 13.4. The number of nitrogens with one attached hydrogen (secondary N) is 3. The molecule has 4 aliphatic heterocycles. The van der Waals surface area contributed by atoms with E-state index in [1.165, 1.54) is 67.5 Å². The predicted octanol–water partition coefficient (Wildman–Crippen LogP) is 15.2. The van der Waals surface area contributed by atoms with Gasteiger partial charge in [0.1, 0.15) is 45.9 Å². The smallest absolute Gasteiger partial charge is 0.339 e. The van der Waals surface area contributed by atoms with Crippen molar-refractivity contribution in [3.05, 3.63) is 291 Å². The summed E-state index contributed by atoms with van der Waals surface area (Å²) in [5.41, 5.74) is 24.3. The number of thiophene rings is 2. The van der Waals surface area contributed by atoms with Crippen LogP contribution in [-0.4, -0.2) is 119 Å². The second-order valence-electron chi connectivity index (χ2n) is 28.2. The van der Waals surface area contributed by atoms with Crippen molar-refractivity contribution in [3.63, 3.8) is 0 Å². The lowest BCUT2D eigenvalue weighted by Gasteiger charge is -2.14. The molecule has 37 heteroatoms. The number of carbonyl (C=O) groups is 7. The molecule has 0 saturated heterocycles. The number of methoxy groups -OCH3 is 3. The fraction of sp³-hybridized carbons (Fsp3) is 0.226. The van der Waals surface area contributed by atoms with Gasteiger partial charge in [0.25, 0.3) is 23.2 Å². The Balaban J connectivity index is 0.000000142. The number of esters is 3. The first-order valence-corrected chi connectivity index (χ1v) is 40.0. The Morgan fingerprint density at radius 1 is 0.579 bits per heavy atom. The number of nitro benzene ring substituents is 2. The molecular formula is C84H72BrCl2N17O15S2. The maximum Gasteiger partial charge on any atom is 0.339 e. The number of hydrogen-bond acceptors (Lipinski definition) is 26. The molecule has 121 heavy (non-hydrogen) atoms. The van der Waals surface area contributed by atoms with Gasteiger partial charge in [0, 0.05) is 99.0 Å². The zero-order chi connectivity index (χ0) is 87.4. The summed E-state index contributed by atoms with van der Waals surface area (Å²) >= 11 is 18.6. The van der Waals surface area contributed by atoms with Gasteiger partial charge in [0.2, 0.25) is 5.91 Å². The molecule has 2 aliphatic carbocycles. The number of aryl methyl sites for hydroxylation is 4. The van der Waals surface area contributed by atoms with Crippen molar-refractivity contribution < 1.29 is 62.7 Å². The number of aromatic nitrogens is 6. The molecule has 6 aliphatic rings. The highest BCUT2D eigenvalue weighted by Gasteiger charge is 2.53. The van der Waals surface area contributed by atoms with Gasteiger partial charge in [-0.25, -0.2) is 14.4 Å². The number of anilines is 3. The minimum Gasteiger partial charge on any atom is -0.481 e. The van der Waals surface area contributed by atoms with Gasteiger partial charge in [-0.3, -0.25) is 58.5 Å². The van der Waals surface area contributed by atoms with Crippen LogP contribution in [0.15, 0.2) is 154 Å². The van der Waals surface area contributed by atoms with Crippen molar-refractivity contribution >= 4 is 143 Å². The lowest BCUT2D eigenvalue weighted by molar-refractivity contribution is -0.385. The summed E-state index contributed by atoms with van der Waals surface area (Å²) < 4.78 is 17.7. The first-order chi connectivity index (χ1) is 57.7. The fourth-order valence-electron chi connectivity index (χ4n) is 13.8. The molecule has 2 saturated carbocycles.